The number of morpholine rings is 1. The molecule has 0 aromatic carbocycles. The number of hydrogen-bond donors (Lipinski definition) is 1. The Labute approximate surface area is 121 Å². The van der Waals surface area contributed by atoms with E-state index in [1.165, 1.54) is 11.3 Å². The molecule has 6 nitrogen and oxygen atoms in total. The third kappa shape index (κ3) is 2.70. The summed E-state index contributed by atoms with van der Waals surface area (Å²) in [7, 11) is 0. The zero-order valence-corrected chi connectivity index (χ0v) is 12.2. The van der Waals surface area contributed by atoms with Gasteiger partial charge in [0.05, 0.1) is 17.2 Å². The predicted octanol–water partition coefficient (Wildman–Crippen LogP) is 2.16. The van der Waals surface area contributed by atoms with Gasteiger partial charge in [-0.05, 0) is 24.4 Å². The van der Waals surface area contributed by atoms with Crippen LogP contribution in [0.2, 0.25) is 0 Å². The van der Waals surface area contributed by atoms with Crippen molar-refractivity contribution in [3.63, 3.8) is 0 Å². The Balaban J connectivity index is 1.75. The third-order valence-electron chi connectivity index (χ3n) is 3.35. The van der Waals surface area contributed by atoms with Crippen LogP contribution in [-0.2, 0) is 4.74 Å². The van der Waals surface area contributed by atoms with E-state index in [1.807, 2.05) is 11.4 Å². The maximum absolute atomic E-state index is 5.87. The fraction of sp³-hybridized carbons (Fsp3) is 0.538. The van der Waals surface area contributed by atoms with E-state index in [9.17, 15) is 0 Å². The van der Waals surface area contributed by atoms with Crippen LogP contribution in [0.25, 0.3) is 11.5 Å². The third-order valence-corrected chi connectivity index (χ3v) is 4.09. The number of anilines is 1. The van der Waals surface area contributed by atoms with E-state index in [2.05, 4.69) is 22.0 Å². The van der Waals surface area contributed by atoms with Crippen molar-refractivity contribution in [2.24, 2.45) is 0 Å². The van der Waals surface area contributed by atoms with Crippen LogP contribution < -0.4 is 5.73 Å². The predicted molar refractivity (Wildman–Crippen MR) is 77.4 cm³/mol. The normalized spacial score (nSPS) is 20.4. The second kappa shape index (κ2) is 5.90. The van der Waals surface area contributed by atoms with Crippen LogP contribution in [0.4, 0.5) is 5.00 Å². The summed E-state index contributed by atoms with van der Waals surface area (Å²) in [5.41, 5.74) is 6.67. The van der Waals surface area contributed by atoms with Crippen molar-refractivity contribution in [3.8, 4) is 11.5 Å². The van der Waals surface area contributed by atoms with E-state index < -0.39 is 0 Å². The molecule has 1 unspecified atom stereocenters. The summed E-state index contributed by atoms with van der Waals surface area (Å²) in [5, 5.41) is 6.65. The van der Waals surface area contributed by atoms with Gasteiger partial charge in [0.1, 0.15) is 6.10 Å². The molecule has 1 saturated heterocycles. The second-order valence-corrected chi connectivity index (χ2v) is 5.76. The number of thiophene rings is 1. The first-order chi connectivity index (χ1) is 9.78. The van der Waals surface area contributed by atoms with Gasteiger partial charge < -0.3 is 15.0 Å². The summed E-state index contributed by atoms with van der Waals surface area (Å²) in [5.74, 6) is 1.07. The molecule has 2 N–H and O–H groups in total. The number of nitrogen functional groups attached to an aromatic ring is 1. The highest BCUT2D eigenvalue weighted by Crippen LogP contribution is 2.30. The molecule has 3 heterocycles. The molecule has 1 aliphatic rings. The van der Waals surface area contributed by atoms with E-state index in [1.54, 1.807) is 0 Å². The van der Waals surface area contributed by atoms with E-state index in [-0.39, 0.29) is 6.10 Å². The van der Waals surface area contributed by atoms with Crippen LogP contribution in [-0.4, -0.2) is 41.3 Å². The van der Waals surface area contributed by atoms with Crippen molar-refractivity contribution in [2.75, 3.05) is 32.0 Å². The summed E-state index contributed by atoms with van der Waals surface area (Å²) in [6.45, 7) is 5.73. The average Bonchev–Trinajstić information content (AvgIpc) is 3.08. The first kappa shape index (κ1) is 13.5. The molecule has 2 aromatic rings. The zero-order valence-electron chi connectivity index (χ0n) is 11.4. The number of ether oxygens (including phenoxy) is 1. The van der Waals surface area contributed by atoms with Gasteiger partial charge in [-0.2, -0.15) is 4.98 Å². The lowest BCUT2D eigenvalue weighted by Crippen LogP contribution is -2.39. The molecular formula is C13H18N4O2S. The van der Waals surface area contributed by atoms with Gasteiger partial charge in [-0.15, -0.1) is 11.3 Å². The molecule has 0 bridgehead atoms. The first-order valence-corrected chi connectivity index (χ1v) is 7.66. The molecule has 20 heavy (non-hydrogen) atoms. The molecule has 3 rings (SSSR count). The molecule has 2 aromatic heterocycles. The SMILES string of the molecule is CCCN1CCOC(c2noc(-c3ccsc3N)n2)C1. The smallest absolute Gasteiger partial charge is 0.261 e. The highest BCUT2D eigenvalue weighted by Gasteiger charge is 2.26. The first-order valence-electron chi connectivity index (χ1n) is 6.79. The van der Waals surface area contributed by atoms with Gasteiger partial charge in [-0.25, -0.2) is 0 Å². The number of nitrogens with two attached hydrogens (primary N) is 1. The summed E-state index contributed by atoms with van der Waals surface area (Å²) in [4.78, 5) is 6.79. The minimum absolute atomic E-state index is 0.118. The van der Waals surface area contributed by atoms with Gasteiger partial charge >= 0.3 is 0 Å². The van der Waals surface area contributed by atoms with Gasteiger partial charge in [0, 0.05) is 13.1 Å². The van der Waals surface area contributed by atoms with Crippen molar-refractivity contribution in [3.05, 3.63) is 17.3 Å². The van der Waals surface area contributed by atoms with Crippen LogP contribution in [0.5, 0.6) is 0 Å². The molecular weight excluding hydrogens is 276 g/mol. The number of hydrogen-bond acceptors (Lipinski definition) is 7. The monoisotopic (exact) mass is 294 g/mol. The van der Waals surface area contributed by atoms with Crippen molar-refractivity contribution < 1.29 is 9.26 Å². The Bertz CT molecular complexity index is 566. The lowest BCUT2D eigenvalue weighted by molar-refractivity contribution is -0.0350. The number of nitrogens with zero attached hydrogens (tertiary/aromatic N) is 3. The van der Waals surface area contributed by atoms with Crippen molar-refractivity contribution in [1.82, 2.24) is 15.0 Å². The van der Waals surface area contributed by atoms with E-state index in [4.69, 9.17) is 15.0 Å². The Hall–Kier alpha value is -1.44. The zero-order chi connectivity index (χ0) is 13.9. The van der Waals surface area contributed by atoms with Gasteiger partial charge in [-0.1, -0.05) is 12.1 Å². The summed E-state index contributed by atoms with van der Waals surface area (Å²) < 4.78 is 11.1. The Morgan fingerprint density at radius 1 is 1.55 bits per heavy atom. The van der Waals surface area contributed by atoms with E-state index in [0.717, 1.165) is 31.6 Å². The Morgan fingerprint density at radius 3 is 3.20 bits per heavy atom. The van der Waals surface area contributed by atoms with Crippen molar-refractivity contribution in [2.45, 2.75) is 19.4 Å². The molecule has 0 saturated carbocycles. The molecule has 1 atom stereocenters. The van der Waals surface area contributed by atoms with Gasteiger partial charge in [0.2, 0.25) is 5.82 Å². The van der Waals surface area contributed by atoms with E-state index in [0.29, 0.717) is 23.3 Å². The largest absolute Gasteiger partial charge is 0.390 e. The average molecular weight is 294 g/mol. The fourth-order valence-corrected chi connectivity index (χ4v) is 2.98. The summed E-state index contributed by atoms with van der Waals surface area (Å²) in [6, 6.07) is 1.89. The van der Waals surface area contributed by atoms with Crippen LogP contribution >= 0.6 is 11.3 Å². The minimum Gasteiger partial charge on any atom is -0.390 e. The molecule has 0 radical (unpaired) electrons. The highest BCUT2D eigenvalue weighted by molar-refractivity contribution is 7.14. The molecule has 0 amide bonds. The van der Waals surface area contributed by atoms with E-state index >= 15 is 0 Å². The Morgan fingerprint density at radius 2 is 2.45 bits per heavy atom. The second-order valence-electron chi connectivity index (χ2n) is 4.82. The minimum atomic E-state index is -0.118. The standard InChI is InChI=1S/C13H18N4O2S/c1-2-4-17-5-6-18-10(8-17)12-15-13(19-16-12)9-3-7-20-11(9)14/h3,7,10H,2,4-6,8,14H2,1H3. The van der Waals surface area contributed by atoms with Crippen molar-refractivity contribution in [1.29, 1.82) is 0 Å². The van der Waals surface area contributed by atoms with Crippen LogP contribution in [0.15, 0.2) is 16.0 Å². The summed E-state index contributed by atoms with van der Waals surface area (Å²) >= 11 is 1.46. The van der Waals surface area contributed by atoms with Gasteiger partial charge in [-0.3, -0.25) is 4.90 Å². The number of rotatable bonds is 4. The molecule has 1 fully saturated rings. The quantitative estimate of drug-likeness (QED) is 0.931. The van der Waals surface area contributed by atoms with Crippen molar-refractivity contribution >= 4 is 16.3 Å². The van der Waals surface area contributed by atoms with Crippen LogP contribution in [0.1, 0.15) is 25.3 Å². The fourth-order valence-electron chi connectivity index (χ4n) is 2.35. The summed E-state index contributed by atoms with van der Waals surface area (Å²) in [6.07, 6.45) is 1.02. The van der Waals surface area contributed by atoms with Crippen LogP contribution in [0, 0.1) is 0 Å². The lowest BCUT2D eigenvalue weighted by Gasteiger charge is -2.30. The van der Waals surface area contributed by atoms with Gasteiger partial charge in [0.25, 0.3) is 5.89 Å². The van der Waals surface area contributed by atoms with Crippen LogP contribution in [0.3, 0.4) is 0 Å². The maximum atomic E-state index is 5.87. The Kier molecular flexibility index (Phi) is 4.00. The molecule has 0 aliphatic carbocycles. The van der Waals surface area contributed by atoms with Gasteiger partial charge in [0.15, 0.2) is 0 Å². The topological polar surface area (TPSA) is 77.4 Å². The molecule has 1 aliphatic heterocycles. The lowest BCUT2D eigenvalue weighted by atomic mass is 10.2. The molecule has 108 valence electrons. The highest BCUT2D eigenvalue weighted by atomic mass is 32.1. The number of aromatic nitrogens is 2. The molecule has 7 heteroatoms. The molecule has 0 spiro atoms. The maximum Gasteiger partial charge on any atom is 0.261 e.